The molecule has 128 valence electrons. The van der Waals surface area contributed by atoms with E-state index in [-0.39, 0.29) is 0 Å². The van der Waals surface area contributed by atoms with Crippen LogP contribution < -0.4 is 4.90 Å². The summed E-state index contributed by atoms with van der Waals surface area (Å²) in [5.74, 6) is 0.672. The maximum absolute atomic E-state index is 11.1. The lowest BCUT2D eigenvalue weighted by molar-refractivity contribution is 0.0697. The second kappa shape index (κ2) is 8.68. The van der Waals surface area contributed by atoms with Crippen molar-refractivity contribution in [2.75, 3.05) is 18.5 Å². The van der Waals surface area contributed by atoms with Gasteiger partial charge in [-0.3, -0.25) is 0 Å². The van der Waals surface area contributed by atoms with Crippen LogP contribution in [0.5, 0.6) is 0 Å². The predicted molar refractivity (Wildman–Crippen MR) is 97.9 cm³/mol. The number of carboxylic acid groups (broad SMARTS) is 1. The first-order valence-electron chi connectivity index (χ1n) is 8.07. The molecule has 1 heterocycles. The van der Waals surface area contributed by atoms with Crippen molar-refractivity contribution in [3.05, 3.63) is 47.2 Å². The fourth-order valence-corrected chi connectivity index (χ4v) is 3.11. The van der Waals surface area contributed by atoms with Gasteiger partial charge in [0.1, 0.15) is 5.82 Å². The van der Waals surface area contributed by atoms with Crippen molar-refractivity contribution >= 4 is 23.5 Å². The van der Waals surface area contributed by atoms with Crippen LogP contribution in [-0.4, -0.2) is 34.6 Å². The molecule has 0 atom stereocenters. The third kappa shape index (κ3) is 4.96. The third-order valence-corrected chi connectivity index (χ3v) is 4.52. The van der Waals surface area contributed by atoms with Crippen LogP contribution in [0.3, 0.4) is 0 Å². The first kappa shape index (κ1) is 18.3. The zero-order valence-corrected chi connectivity index (χ0v) is 15.1. The minimum atomic E-state index is -0.908. The molecular formula is C18H23N3O2S. The minimum absolute atomic E-state index is 0.305. The second-order valence-electron chi connectivity index (χ2n) is 5.57. The number of aryl methyl sites for hydroxylation is 1. The number of rotatable bonds is 8. The number of aromatic carboxylic acids is 1. The van der Waals surface area contributed by atoms with Crippen molar-refractivity contribution in [2.24, 2.45) is 0 Å². The maximum atomic E-state index is 11.1. The van der Waals surface area contributed by atoms with Crippen LogP contribution >= 0.6 is 11.8 Å². The van der Waals surface area contributed by atoms with E-state index in [9.17, 15) is 4.79 Å². The molecular weight excluding hydrogens is 322 g/mol. The minimum Gasteiger partial charge on any atom is -0.478 e. The van der Waals surface area contributed by atoms with Crippen LogP contribution in [0, 0.1) is 0 Å². The average Bonchev–Trinajstić information content (AvgIpc) is 2.60. The van der Waals surface area contributed by atoms with Crippen LogP contribution in [0.2, 0.25) is 0 Å². The smallest absolute Gasteiger partial charge is 0.335 e. The summed E-state index contributed by atoms with van der Waals surface area (Å²) in [6.45, 7) is 5.17. The molecule has 0 bridgehead atoms. The van der Waals surface area contributed by atoms with E-state index in [2.05, 4.69) is 28.7 Å². The Bertz CT molecular complexity index is 706. The predicted octanol–water partition coefficient (Wildman–Crippen LogP) is 3.88. The lowest BCUT2D eigenvalue weighted by Crippen LogP contribution is -2.19. The van der Waals surface area contributed by atoms with Gasteiger partial charge in [0, 0.05) is 31.1 Å². The Morgan fingerprint density at radius 2 is 2.04 bits per heavy atom. The first-order valence-corrected chi connectivity index (χ1v) is 9.06. The van der Waals surface area contributed by atoms with E-state index in [1.165, 1.54) is 11.8 Å². The quantitative estimate of drug-likeness (QED) is 0.578. The topological polar surface area (TPSA) is 66.3 Å². The van der Waals surface area contributed by atoms with E-state index >= 15 is 0 Å². The van der Waals surface area contributed by atoms with Crippen LogP contribution in [0.25, 0.3) is 0 Å². The van der Waals surface area contributed by atoms with Gasteiger partial charge >= 0.3 is 5.97 Å². The van der Waals surface area contributed by atoms with Gasteiger partial charge in [-0.2, -0.15) is 0 Å². The van der Waals surface area contributed by atoms with Gasteiger partial charge in [-0.1, -0.05) is 37.7 Å². The van der Waals surface area contributed by atoms with Gasteiger partial charge in [0.15, 0.2) is 5.16 Å². The van der Waals surface area contributed by atoms with E-state index in [4.69, 9.17) is 5.11 Å². The molecule has 0 amide bonds. The van der Waals surface area contributed by atoms with E-state index in [0.717, 1.165) is 41.6 Å². The van der Waals surface area contributed by atoms with Gasteiger partial charge in [0.25, 0.3) is 0 Å². The van der Waals surface area contributed by atoms with Crippen LogP contribution in [0.15, 0.2) is 35.5 Å². The van der Waals surface area contributed by atoms with Crippen molar-refractivity contribution in [1.82, 2.24) is 9.97 Å². The Morgan fingerprint density at radius 1 is 1.25 bits per heavy atom. The molecule has 1 aromatic heterocycles. The van der Waals surface area contributed by atoms with Crippen molar-refractivity contribution in [2.45, 2.75) is 37.6 Å². The molecule has 0 aliphatic heterocycles. The molecule has 6 heteroatoms. The molecule has 0 aliphatic carbocycles. The fraction of sp³-hybridized carbons (Fsp3) is 0.389. The molecule has 0 spiro atoms. The highest BCUT2D eigenvalue weighted by molar-refractivity contribution is 7.98. The highest BCUT2D eigenvalue weighted by Crippen LogP contribution is 2.23. The molecule has 0 fully saturated rings. The van der Waals surface area contributed by atoms with Crippen LogP contribution in [0.4, 0.5) is 5.82 Å². The van der Waals surface area contributed by atoms with Gasteiger partial charge in [-0.05, 0) is 30.5 Å². The number of aromatic nitrogens is 2. The second-order valence-corrected chi connectivity index (χ2v) is 6.51. The van der Waals surface area contributed by atoms with Crippen molar-refractivity contribution in [1.29, 1.82) is 0 Å². The molecule has 24 heavy (non-hydrogen) atoms. The van der Waals surface area contributed by atoms with Crippen LogP contribution in [0.1, 0.15) is 41.9 Å². The lowest BCUT2D eigenvalue weighted by Gasteiger charge is -2.18. The fourth-order valence-electron chi connectivity index (χ4n) is 2.29. The SMILES string of the molecule is CCCN(C)c1cc(CC)nc(SCc2cccc(C(=O)O)c2)n1. The Hall–Kier alpha value is -2.08. The lowest BCUT2D eigenvalue weighted by atomic mass is 10.1. The maximum Gasteiger partial charge on any atom is 0.335 e. The summed E-state index contributed by atoms with van der Waals surface area (Å²) in [4.78, 5) is 22.4. The van der Waals surface area contributed by atoms with Crippen molar-refractivity contribution in [3.63, 3.8) is 0 Å². The van der Waals surface area contributed by atoms with E-state index in [1.807, 2.05) is 19.2 Å². The standard InChI is InChI=1S/C18H23N3O2S/c1-4-9-21(3)16-11-15(5-2)19-18(20-16)24-12-13-7-6-8-14(10-13)17(22)23/h6-8,10-11H,4-5,9,12H2,1-3H3,(H,22,23). The summed E-state index contributed by atoms with van der Waals surface area (Å²) in [6.07, 6.45) is 1.92. The summed E-state index contributed by atoms with van der Waals surface area (Å²) in [5, 5.41) is 9.80. The molecule has 0 saturated carbocycles. The van der Waals surface area contributed by atoms with Crippen molar-refractivity contribution in [3.8, 4) is 0 Å². The van der Waals surface area contributed by atoms with E-state index in [1.54, 1.807) is 18.2 Å². The Kier molecular flexibility index (Phi) is 6.61. The Balaban J connectivity index is 2.15. The summed E-state index contributed by atoms with van der Waals surface area (Å²) < 4.78 is 0. The first-order chi connectivity index (χ1) is 11.5. The number of hydrogen-bond donors (Lipinski definition) is 1. The summed E-state index contributed by atoms with van der Waals surface area (Å²) in [7, 11) is 2.04. The summed E-state index contributed by atoms with van der Waals surface area (Å²) in [5.41, 5.74) is 2.28. The molecule has 1 aromatic carbocycles. The van der Waals surface area contributed by atoms with Gasteiger partial charge < -0.3 is 10.0 Å². The summed E-state index contributed by atoms with van der Waals surface area (Å²) in [6, 6.07) is 9.02. The summed E-state index contributed by atoms with van der Waals surface area (Å²) >= 11 is 1.53. The molecule has 2 rings (SSSR count). The van der Waals surface area contributed by atoms with Gasteiger partial charge in [-0.15, -0.1) is 0 Å². The zero-order valence-electron chi connectivity index (χ0n) is 14.3. The number of carbonyl (C=O) groups is 1. The van der Waals surface area contributed by atoms with Gasteiger partial charge in [-0.25, -0.2) is 14.8 Å². The average molecular weight is 345 g/mol. The van der Waals surface area contributed by atoms with Gasteiger partial charge in [0.2, 0.25) is 0 Å². The molecule has 0 unspecified atom stereocenters. The van der Waals surface area contributed by atoms with Crippen LogP contribution in [-0.2, 0) is 12.2 Å². The molecule has 1 N–H and O–H groups in total. The normalized spacial score (nSPS) is 10.6. The molecule has 5 nitrogen and oxygen atoms in total. The van der Waals surface area contributed by atoms with Gasteiger partial charge in [0.05, 0.1) is 5.56 Å². The number of hydrogen-bond acceptors (Lipinski definition) is 5. The largest absolute Gasteiger partial charge is 0.478 e. The highest BCUT2D eigenvalue weighted by Gasteiger charge is 2.09. The number of anilines is 1. The Morgan fingerprint density at radius 3 is 2.71 bits per heavy atom. The number of benzene rings is 1. The van der Waals surface area contributed by atoms with E-state index < -0.39 is 5.97 Å². The van der Waals surface area contributed by atoms with Crippen molar-refractivity contribution < 1.29 is 9.90 Å². The molecule has 2 aromatic rings. The zero-order chi connectivity index (χ0) is 17.5. The molecule has 0 saturated heterocycles. The molecule has 0 radical (unpaired) electrons. The molecule has 0 aliphatic rings. The number of thioether (sulfide) groups is 1. The van der Waals surface area contributed by atoms with E-state index in [0.29, 0.717) is 11.3 Å². The number of carboxylic acids is 1. The number of nitrogens with zero attached hydrogens (tertiary/aromatic N) is 3. The third-order valence-electron chi connectivity index (χ3n) is 3.60. The highest BCUT2D eigenvalue weighted by atomic mass is 32.2. The Labute approximate surface area is 147 Å². The monoisotopic (exact) mass is 345 g/mol.